The minimum atomic E-state index is -3.78. The van der Waals surface area contributed by atoms with Crippen molar-refractivity contribution in [2.45, 2.75) is 11.3 Å². The van der Waals surface area contributed by atoms with Crippen molar-refractivity contribution in [2.75, 3.05) is 13.6 Å². The molecular weight excluding hydrogens is 346 g/mol. The number of nitrogens with one attached hydrogen (secondary N) is 1. The number of aromatic nitrogens is 2. The second kappa shape index (κ2) is 6.61. The van der Waals surface area contributed by atoms with Crippen LogP contribution in [0.3, 0.4) is 0 Å². The van der Waals surface area contributed by atoms with Crippen LogP contribution in [0.2, 0.25) is 0 Å². The third-order valence-corrected chi connectivity index (χ3v) is 5.66. The van der Waals surface area contributed by atoms with Gasteiger partial charge in [0, 0.05) is 26.0 Å². The maximum atomic E-state index is 12.7. The second-order valence-corrected chi connectivity index (χ2v) is 7.49. The van der Waals surface area contributed by atoms with Gasteiger partial charge in [0.15, 0.2) is 0 Å². The number of H-pyrrole nitrogens is 1. The summed E-state index contributed by atoms with van der Waals surface area (Å²) in [6.07, 6.45) is 3.82. The van der Waals surface area contributed by atoms with Gasteiger partial charge in [0.2, 0.25) is 10.0 Å². The van der Waals surface area contributed by atoms with Gasteiger partial charge in [0.1, 0.15) is 0 Å². The maximum Gasteiger partial charge on any atom is 0.419 e. The van der Waals surface area contributed by atoms with Crippen molar-refractivity contribution in [1.82, 2.24) is 14.3 Å². The van der Waals surface area contributed by atoms with Gasteiger partial charge in [-0.2, -0.15) is 0 Å². The third kappa shape index (κ3) is 3.52. The first kappa shape index (κ1) is 17.1. The Balaban J connectivity index is 1.90. The highest BCUT2D eigenvalue weighted by Gasteiger charge is 2.21. The van der Waals surface area contributed by atoms with Crippen LogP contribution in [0.4, 0.5) is 0 Å². The summed E-state index contributed by atoms with van der Waals surface area (Å²) in [5.74, 6) is -0.887. The molecule has 0 fully saturated rings. The summed E-state index contributed by atoms with van der Waals surface area (Å²) in [7, 11) is -2.31. The normalized spacial score (nSPS) is 11.9. The lowest BCUT2D eigenvalue weighted by Gasteiger charge is -2.17. The number of aromatic amines is 1. The minimum Gasteiger partial charge on any atom is -0.372 e. The molecule has 0 bridgehead atoms. The molecule has 9 heteroatoms. The van der Waals surface area contributed by atoms with E-state index < -0.39 is 21.4 Å². The predicted molar refractivity (Wildman–Crippen MR) is 90.9 cm³/mol. The third-order valence-electron chi connectivity index (χ3n) is 3.81. The van der Waals surface area contributed by atoms with Crippen molar-refractivity contribution in [3.05, 3.63) is 69.3 Å². The smallest absolute Gasteiger partial charge is 0.372 e. The number of hydrogen-bond donors (Lipinski definition) is 1. The first-order valence-electron chi connectivity index (χ1n) is 7.40. The second-order valence-electron chi connectivity index (χ2n) is 5.44. The Morgan fingerprint density at radius 3 is 2.60 bits per heavy atom. The van der Waals surface area contributed by atoms with E-state index in [0.29, 0.717) is 6.42 Å². The highest BCUT2D eigenvalue weighted by atomic mass is 32.2. The molecule has 0 unspecified atom stereocenters. The summed E-state index contributed by atoms with van der Waals surface area (Å²) in [5.41, 5.74) is 0.309. The standard InChI is InChI=1S/C16H15N3O5S/c1-19(9-6-11-4-7-17-8-5-11)25(22,23)12-2-3-14-13(10-12)15(20)24-16(21)18-14/h2-5,7-8,10H,6,9H2,1H3,(H,18,21). The van der Waals surface area contributed by atoms with Crippen molar-refractivity contribution in [3.8, 4) is 0 Å². The summed E-state index contributed by atoms with van der Waals surface area (Å²) >= 11 is 0. The lowest BCUT2D eigenvalue weighted by molar-refractivity contribution is 0.459. The SMILES string of the molecule is CN(CCc1ccncc1)S(=O)(=O)c1ccc2[nH]c(=O)oc(=O)c2c1. The van der Waals surface area contributed by atoms with Crippen LogP contribution in [0.5, 0.6) is 0 Å². The van der Waals surface area contributed by atoms with Crippen LogP contribution in [0.1, 0.15) is 5.56 Å². The Morgan fingerprint density at radius 1 is 1.16 bits per heavy atom. The fourth-order valence-corrected chi connectivity index (χ4v) is 3.57. The lowest BCUT2D eigenvalue weighted by atomic mass is 10.2. The van der Waals surface area contributed by atoms with E-state index >= 15 is 0 Å². The Hall–Kier alpha value is -2.78. The average Bonchev–Trinajstić information content (AvgIpc) is 2.60. The molecule has 1 aromatic carbocycles. The molecule has 25 heavy (non-hydrogen) atoms. The monoisotopic (exact) mass is 361 g/mol. The zero-order valence-electron chi connectivity index (χ0n) is 13.3. The van der Waals surface area contributed by atoms with Crippen molar-refractivity contribution >= 4 is 20.9 Å². The van der Waals surface area contributed by atoms with Crippen LogP contribution in [-0.2, 0) is 16.4 Å². The zero-order valence-corrected chi connectivity index (χ0v) is 14.1. The summed E-state index contributed by atoms with van der Waals surface area (Å²) in [5, 5.41) is 0.00297. The number of rotatable bonds is 5. The topological polar surface area (TPSA) is 113 Å². The number of sulfonamides is 1. The van der Waals surface area contributed by atoms with E-state index in [1.54, 1.807) is 12.4 Å². The molecule has 0 amide bonds. The van der Waals surface area contributed by atoms with Gasteiger partial charge < -0.3 is 4.42 Å². The van der Waals surface area contributed by atoms with E-state index in [0.717, 1.165) is 5.56 Å². The molecule has 0 spiro atoms. The summed E-state index contributed by atoms with van der Waals surface area (Å²) < 4.78 is 31.0. The average molecular weight is 361 g/mol. The van der Waals surface area contributed by atoms with Crippen molar-refractivity contribution in [2.24, 2.45) is 0 Å². The predicted octanol–water partition coefficient (Wildman–Crippen LogP) is 0.739. The lowest BCUT2D eigenvalue weighted by Crippen LogP contribution is -2.29. The van der Waals surface area contributed by atoms with E-state index in [-0.39, 0.29) is 22.3 Å². The molecule has 0 saturated heterocycles. The molecule has 0 atom stereocenters. The van der Waals surface area contributed by atoms with E-state index in [1.807, 2.05) is 12.1 Å². The fourth-order valence-electron chi connectivity index (χ4n) is 2.37. The maximum absolute atomic E-state index is 12.7. The molecule has 0 radical (unpaired) electrons. The Bertz CT molecular complexity index is 1120. The molecule has 2 heterocycles. The summed E-state index contributed by atoms with van der Waals surface area (Å²) in [4.78, 5) is 29.1. The van der Waals surface area contributed by atoms with E-state index in [2.05, 4.69) is 14.4 Å². The Labute approximate surface area is 142 Å². The van der Waals surface area contributed by atoms with E-state index in [1.165, 1.54) is 29.6 Å². The number of benzene rings is 1. The van der Waals surface area contributed by atoms with Gasteiger partial charge in [-0.3, -0.25) is 9.97 Å². The molecule has 3 rings (SSSR count). The van der Waals surface area contributed by atoms with Crippen LogP contribution in [-0.4, -0.2) is 36.3 Å². The molecule has 1 N–H and O–H groups in total. The van der Waals surface area contributed by atoms with Crippen LogP contribution < -0.4 is 11.4 Å². The largest absolute Gasteiger partial charge is 0.419 e. The van der Waals surface area contributed by atoms with Crippen molar-refractivity contribution in [1.29, 1.82) is 0 Å². The number of hydrogen-bond acceptors (Lipinski definition) is 6. The quantitative estimate of drug-likeness (QED) is 0.717. The van der Waals surface area contributed by atoms with Crippen LogP contribution in [0.15, 0.2) is 61.6 Å². The molecule has 0 aliphatic carbocycles. The molecular formula is C16H15N3O5S. The summed E-state index contributed by atoms with van der Waals surface area (Å²) in [6, 6.07) is 7.55. The van der Waals surface area contributed by atoms with Gasteiger partial charge >= 0.3 is 11.4 Å². The Kier molecular flexibility index (Phi) is 4.51. The first-order valence-corrected chi connectivity index (χ1v) is 8.84. The molecule has 0 aliphatic heterocycles. The van der Waals surface area contributed by atoms with Gasteiger partial charge in [0.05, 0.1) is 15.8 Å². The summed E-state index contributed by atoms with van der Waals surface area (Å²) in [6.45, 7) is 0.268. The van der Waals surface area contributed by atoms with Gasteiger partial charge in [-0.05, 0) is 42.3 Å². The molecule has 0 saturated carbocycles. The molecule has 0 aliphatic rings. The zero-order chi connectivity index (χ0) is 18.0. The number of likely N-dealkylation sites (N-methyl/N-ethyl adjacent to an activating group) is 1. The number of fused-ring (bicyclic) bond motifs is 1. The number of nitrogens with zero attached hydrogens (tertiary/aromatic N) is 2. The van der Waals surface area contributed by atoms with Crippen LogP contribution in [0.25, 0.3) is 10.9 Å². The van der Waals surface area contributed by atoms with Crippen LogP contribution in [0, 0.1) is 0 Å². The molecule has 2 aromatic heterocycles. The van der Waals surface area contributed by atoms with Gasteiger partial charge in [-0.25, -0.2) is 22.3 Å². The van der Waals surface area contributed by atoms with Crippen molar-refractivity contribution in [3.63, 3.8) is 0 Å². The first-order chi connectivity index (χ1) is 11.9. The molecule has 130 valence electrons. The fraction of sp³-hybridized carbons (Fsp3) is 0.188. The van der Waals surface area contributed by atoms with Gasteiger partial charge in [-0.1, -0.05) is 0 Å². The molecule has 8 nitrogen and oxygen atoms in total. The van der Waals surface area contributed by atoms with E-state index in [9.17, 15) is 18.0 Å². The van der Waals surface area contributed by atoms with Crippen LogP contribution >= 0.6 is 0 Å². The highest BCUT2D eigenvalue weighted by molar-refractivity contribution is 7.89. The minimum absolute atomic E-state index is 0.00297. The van der Waals surface area contributed by atoms with E-state index in [4.69, 9.17) is 0 Å². The van der Waals surface area contributed by atoms with Gasteiger partial charge in [-0.15, -0.1) is 0 Å². The van der Waals surface area contributed by atoms with Crippen molar-refractivity contribution < 1.29 is 12.8 Å². The molecule has 3 aromatic rings. The number of pyridine rings is 1. The highest BCUT2D eigenvalue weighted by Crippen LogP contribution is 2.18. The Morgan fingerprint density at radius 2 is 1.88 bits per heavy atom. The van der Waals surface area contributed by atoms with Gasteiger partial charge in [0.25, 0.3) is 0 Å².